The first-order valence-electron chi connectivity index (χ1n) is 13.1. The number of benzene rings is 1. The molecule has 0 amide bonds. The minimum absolute atomic E-state index is 0.0246. The Kier molecular flexibility index (Phi) is 7.87. The number of rotatable bonds is 9. The summed E-state index contributed by atoms with van der Waals surface area (Å²) in [4.78, 5) is 20.5. The molecule has 0 spiro atoms. The molecular weight excluding hydrogens is 436 g/mol. The van der Waals surface area contributed by atoms with Crippen LogP contribution >= 0.6 is 11.3 Å². The van der Waals surface area contributed by atoms with Crippen molar-refractivity contribution in [3.63, 3.8) is 0 Å². The molecule has 34 heavy (non-hydrogen) atoms. The first-order chi connectivity index (χ1) is 16.8. The molecule has 4 heteroatoms. The van der Waals surface area contributed by atoms with Crippen molar-refractivity contribution in [3.8, 4) is 0 Å². The van der Waals surface area contributed by atoms with E-state index >= 15 is 0 Å². The van der Waals surface area contributed by atoms with Gasteiger partial charge in [-0.15, -0.1) is 11.3 Å². The second-order valence-electron chi connectivity index (χ2n) is 9.96. The van der Waals surface area contributed by atoms with Crippen molar-refractivity contribution in [1.82, 2.24) is 9.88 Å². The molecular formula is C30H36N2OS. The van der Waals surface area contributed by atoms with Gasteiger partial charge in [0.15, 0.2) is 0 Å². The lowest BCUT2D eigenvalue weighted by Gasteiger charge is -2.27. The van der Waals surface area contributed by atoms with Gasteiger partial charge in [0.1, 0.15) is 5.78 Å². The third-order valence-corrected chi connectivity index (χ3v) is 8.69. The van der Waals surface area contributed by atoms with E-state index in [1.165, 1.54) is 40.5 Å². The summed E-state index contributed by atoms with van der Waals surface area (Å²) < 4.78 is 1.42. The van der Waals surface area contributed by atoms with Crippen molar-refractivity contribution < 1.29 is 4.79 Å². The van der Waals surface area contributed by atoms with Gasteiger partial charge in [0, 0.05) is 29.9 Å². The second-order valence-corrected chi connectivity index (χ2v) is 10.9. The van der Waals surface area contributed by atoms with Crippen LogP contribution in [0.2, 0.25) is 0 Å². The first-order valence-corrected chi connectivity index (χ1v) is 14.0. The summed E-state index contributed by atoms with van der Waals surface area (Å²) in [5.74, 6) is 0.675. The van der Waals surface area contributed by atoms with Crippen LogP contribution in [0.3, 0.4) is 0 Å². The Balaban J connectivity index is 1.14. The number of hydrogen-bond donors (Lipinski definition) is 0. The van der Waals surface area contributed by atoms with E-state index in [2.05, 4.69) is 51.7 Å². The molecule has 1 aliphatic heterocycles. The summed E-state index contributed by atoms with van der Waals surface area (Å²) in [6.07, 6.45) is 14.4. The Morgan fingerprint density at radius 3 is 2.76 bits per heavy atom. The fourth-order valence-electron chi connectivity index (χ4n) is 5.78. The zero-order valence-corrected chi connectivity index (χ0v) is 20.9. The Labute approximate surface area is 207 Å². The molecule has 3 aromatic rings. The number of hydrogen-bond acceptors (Lipinski definition) is 4. The summed E-state index contributed by atoms with van der Waals surface area (Å²) >= 11 is 1.85. The highest BCUT2D eigenvalue weighted by Crippen LogP contribution is 2.34. The lowest BCUT2D eigenvalue weighted by atomic mass is 9.79. The molecule has 0 N–H and O–H groups in total. The van der Waals surface area contributed by atoms with Gasteiger partial charge in [0.25, 0.3) is 0 Å². The Morgan fingerprint density at radius 1 is 1.06 bits per heavy atom. The Hall–Kier alpha value is -2.30. The largest absolute Gasteiger partial charge is 0.299 e. The van der Waals surface area contributed by atoms with Gasteiger partial charge in [0.05, 0.1) is 11.6 Å². The summed E-state index contributed by atoms with van der Waals surface area (Å²) in [5.41, 5.74) is 3.90. The van der Waals surface area contributed by atoms with Crippen LogP contribution in [0, 0.1) is 5.92 Å². The SMILES string of the molecule is O=C(C1CCCCC1)C(CCCCN1CC=C(c2cccc3ccsc23)CC1)c1ccccn1. The van der Waals surface area contributed by atoms with E-state index in [9.17, 15) is 4.79 Å². The quantitative estimate of drug-likeness (QED) is 0.303. The summed E-state index contributed by atoms with van der Waals surface area (Å²) in [6, 6.07) is 14.9. The molecule has 0 radical (unpaired) electrons. The normalized spacial score (nSPS) is 18.6. The molecule has 1 fully saturated rings. The van der Waals surface area contributed by atoms with Gasteiger partial charge < -0.3 is 0 Å². The predicted octanol–water partition coefficient (Wildman–Crippen LogP) is 7.49. The highest BCUT2D eigenvalue weighted by molar-refractivity contribution is 7.17. The number of carbonyl (C=O) groups is 1. The molecule has 3 nitrogen and oxygen atoms in total. The van der Waals surface area contributed by atoms with E-state index < -0.39 is 0 Å². The average molecular weight is 473 g/mol. The number of thiophene rings is 1. The number of fused-ring (bicyclic) bond motifs is 1. The molecule has 1 aromatic carbocycles. The minimum atomic E-state index is -0.0246. The Morgan fingerprint density at radius 2 is 1.97 bits per heavy atom. The zero-order chi connectivity index (χ0) is 23.2. The lowest BCUT2D eigenvalue weighted by Crippen LogP contribution is -2.29. The highest BCUT2D eigenvalue weighted by atomic mass is 32.1. The number of ketones is 1. The number of pyridine rings is 1. The molecule has 2 aromatic heterocycles. The van der Waals surface area contributed by atoms with E-state index in [0.717, 1.165) is 63.9 Å². The summed E-state index contributed by atoms with van der Waals surface area (Å²) in [6.45, 7) is 3.26. The smallest absolute Gasteiger partial charge is 0.144 e. The van der Waals surface area contributed by atoms with E-state index in [1.807, 2.05) is 29.7 Å². The third-order valence-electron chi connectivity index (χ3n) is 7.73. The maximum absolute atomic E-state index is 13.4. The summed E-state index contributed by atoms with van der Waals surface area (Å²) in [5, 5.41) is 3.55. The van der Waals surface area contributed by atoms with Gasteiger partial charge >= 0.3 is 0 Å². The van der Waals surface area contributed by atoms with Crippen molar-refractivity contribution in [3.05, 3.63) is 71.4 Å². The topological polar surface area (TPSA) is 33.2 Å². The van der Waals surface area contributed by atoms with Crippen molar-refractivity contribution in [2.24, 2.45) is 5.92 Å². The number of aromatic nitrogens is 1. The molecule has 178 valence electrons. The fraction of sp³-hybridized carbons (Fsp3) is 0.467. The zero-order valence-electron chi connectivity index (χ0n) is 20.1. The van der Waals surface area contributed by atoms with Gasteiger partial charge in [-0.2, -0.15) is 0 Å². The van der Waals surface area contributed by atoms with Crippen LogP contribution in [0.5, 0.6) is 0 Å². The van der Waals surface area contributed by atoms with Crippen LogP contribution in [-0.4, -0.2) is 35.3 Å². The van der Waals surface area contributed by atoms with Gasteiger partial charge in [0.2, 0.25) is 0 Å². The Bertz CT molecular complexity index is 1110. The average Bonchev–Trinajstić information content (AvgIpc) is 3.39. The van der Waals surface area contributed by atoms with E-state index in [0.29, 0.717) is 5.78 Å². The molecule has 2 aliphatic rings. The lowest BCUT2D eigenvalue weighted by molar-refractivity contribution is -0.125. The second kappa shape index (κ2) is 11.4. The number of Topliss-reactive ketones (excluding diaryl/α,β-unsaturated/α-hetero) is 1. The van der Waals surface area contributed by atoms with Crippen LogP contribution in [0.25, 0.3) is 15.7 Å². The third kappa shape index (κ3) is 5.50. The molecule has 5 rings (SSSR count). The monoisotopic (exact) mass is 472 g/mol. The van der Waals surface area contributed by atoms with Crippen molar-refractivity contribution in [1.29, 1.82) is 0 Å². The van der Waals surface area contributed by atoms with Crippen LogP contribution in [0.15, 0.2) is 60.1 Å². The fourth-order valence-corrected chi connectivity index (χ4v) is 6.73. The van der Waals surface area contributed by atoms with E-state index in [4.69, 9.17) is 0 Å². The molecule has 3 heterocycles. The predicted molar refractivity (Wildman–Crippen MR) is 143 cm³/mol. The van der Waals surface area contributed by atoms with Crippen molar-refractivity contribution >= 4 is 32.8 Å². The maximum atomic E-state index is 13.4. The van der Waals surface area contributed by atoms with Gasteiger partial charge in [-0.25, -0.2) is 0 Å². The van der Waals surface area contributed by atoms with Crippen LogP contribution in [0.4, 0.5) is 0 Å². The molecule has 1 saturated carbocycles. The minimum Gasteiger partial charge on any atom is -0.299 e. The maximum Gasteiger partial charge on any atom is 0.144 e. The standard InChI is InChI=1S/C30H36N2OS/c33-29(24-9-2-1-3-10-24)27(28-14-4-6-18-31-28)12-5-7-19-32-20-15-23(16-21-32)26-13-8-11-25-17-22-34-30(25)26/h4,6,8,11,13-15,17-18,22,24,27H,1-3,5,7,9-10,12,16,19-21H2. The summed E-state index contributed by atoms with van der Waals surface area (Å²) in [7, 11) is 0. The van der Waals surface area contributed by atoms with Crippen LogP contribution in [-0.2, 0) is 4.79 Å². The van der Waals surface area contributed by atoms with Crippen LogP contribution < -0.4 is 0 Å². The first kappa shape index (κ1) is 23.4. The van der Waals surface area contributed by atoms with E-state index in [-0.39, 0.29) is 11.8 Å². The molecule has 0 saturated heterocycles. The van der Waals surface area contributed by atoms with Gasteiger partial charge in [-0.1, -0.05) is 56.0 Å². The van der Waals surface area contributed by atoms with Crippen molar-refractivity contribution in [2.45, 2.75) is 63.7 Å². The molecule has 1 aliphatic carbocycles. The van der Waals surface area contributed by atoms with E-state index in [1.54, 1.807) is 0 Å². The number of unbranched alkanes of at least 4 members (excludes halogenated alkanes) is 1. The van der Waals surface area contributed by atoms with Gasteiger partial charge in [-0.3, -0.25) is 14.7 Å². The molecule has 0 bridgehead atoms. The number of nitrogens with zero attached hydrogens (tertiary/aromatic N) is 2. The highest BCUT2D eigenvalue weighted by Gasteiger charge is 2.29. The van der Waals surface area contributed by atoms with Crippen molar-refractivity contribution in [2.75, 3.05) is 19.6 Å². The van der Waals surface area contributed by atoms with Gasteiger partial charge in [-0.05, 0) is 78.8 Å². The molecule has 1 atom stereocenters. The number of carbonyl (C=O) groups excluding carboxylic acids is 1. The molecule has 1 unspecified atom stereocenters. The van der Waals surface area contributed by atoms with Crippen LogP contribution in [0.1, 0.15) is 75.0 Å².